The number of amides is 1. The number of hydrogen-bond acceptors (Lipinski definition) is 5. The standard InChI is InChI=1S/C29H35N3O3/c1-31(2)21-26(18-22-10-5-4-6-11-22)30-29(33)24-13-7-12-23(19-24)27-15-8-14-25(28(27)34-3)20-32-16-9-17-35-32/h4-8,10-15,19,26H,9,16-18,20-21H2,1-3H3,(H,30,33)/t26-/m0/s1. The van der Waals surface area contributed by atoms with Gasteiger partial charge in [-0.25, -0.2) is 0 Å². The van der Waals surface area contributed by atoms with Gasteiger partial charge in [0.25, 0.3) is 5.91 Å². The molecule has 1 fully saturated rings. The molecule has 4 rings (SSSR count). The summed E-state index contributed by atoms with van der Waals surface area (Å²) in [4.78, 5) is 21.1. The zero-order chi connectivity index (χ0) is 24.6. The van der Waals surface area contributed by atoms with Gasteiger partial charge in [0.15, 0.2) is 0 Å². The maximum absolute atomic E-state index is 13.3. The summed E-state index contributed by atoms with van der Waals surface area (Å²) in [6.45, 7) is 3.11. The summed E-state index contributed by atoms with van der Waals surface area (Å²) in [5.41, 5.74) is 4.82. The van der Waals surface area contributed by atoms with Crippen LogP contribution in [0.15, 0.2) is 72.8 Å². The Balaban J connectivity index is 1.54. The summed E-state index contributed by atoms with van der Waals surface area (Å²) in [6, 6.07) is 24.2. The first-order chi connectivity index (χ1) is 17.0. The van der Waals surface area contributed by atoms with Crippen molar-refractivity contribution < 1.29 is 14.4 Å². The number of nitrogens with one attached hydrogen (secondary N) is 1. The third kappa shape index (κ3) is 6.69. The van der Waals surface area contributed by atoms with E-state index in [2.05, 4.69) is 28.4 Å². The minimum absolute atomic E-state index is 0.00174. The Hall–Kier alpha value is -3.19. The van der Waals surface area contributed by atoms with E-state index < -0.39 is 0 Å². The van der Waals surface area contributed by atoms with Crippen molar-refractivity contribution in [1.29, 1.82) is 0 Å². The van der Waals surface area contributed by atoms with E-state index in [0.717, 1.165) is 55.0 Å². The van der Waals surface area contributed by atoms with Gasteiger partial charge in [-0.15, -0.1) is 0 Å². The van der Waals surface area contributed by atoms with Crippen LogP contribution in [0.3, 0.4) is 0 Å². The first kappa shape index (κ1) is 24.9. The quantitative estimate of drug-likeness (QED) is 0.473. The number of methoxy groups -OCH3 is 1. The van der Waals surface area contributed by atoms with Gasteiger partial charge in [-0.2, -0.15) is 5.06 Å². The Kier molecular flexibility index (Phi) is 8.53. The highest BCUT2D eigenvalue weighted by Crippen LogP contribution is 2.34. The zero-order valence-electron chi connectivity index (χ0n) is 20.9. The van der Waals surface area contributed by atoms with Crippen LogP contribution in [0.5, 0.6) is 5.75 Å². The first-order valence-electron chi connectivity index (χ1n) is 12.2. The average molecular weight is 474 g/mol. The normalized spacial score (nSPS) is 14.7. The van der Waals surface area contributed by atoms with Gasteiger partial charge in [0.05, 0.1) is 20.3 Å². The van der Waals surface area contributed by atoms with Crippen LogP contribution in [-0.2, 0) is 17.8 Å². The zero-order valence-corrected chi connectivity index (χ0v) is 20.9. The summed E-state index contributed by atoms with van der Waals surface area (Å²) in [5.74, 6) is 0.741. The van der Waals surface area contributed by atoms with E-state index in [4.69, 9.17) is 9.57 Å². The van der Waals surface area contributed by atoms with Crippen LogP contribution in [0.4, 0.5) is 0 Å². The molecule has 1 aliphatic rings. The lowest BCUT2D eigenvalue weighted by molar-refractivity contribution is -0.117. The van der Waals surface area contributed by atoms with Crippen molar-refractivity contribution in [2.45, 2.75) is 25.4 Å². The Morgan fingerprint density at radius 2 is 1.89 bits per heavy atom. The molecule has 1 N–H and O–H groups in total. The second-order valence-electron chi connectivity index (χ2n) is 9.25. The second-order valence-corrected chi connectivity index (χ2v) is 9.25. The van der Waals surface area contributed by atoms with Gasteiger partial charge in [-0.05, 0) is 50.2 Å². The van der Waals surface area contributed by atoms with Gasteiger partial charge in [0, 0.05) is 35.8 Å². The number of ether oxygens (including phenoxy) is 1. The smallest absolute Gasteiger partial charge is 0.251 e. The molecule has 0 radical (unpaired) electrons. The van der Waals surface area contributed by atoms with Crippen LogP contribution >= 0.6 is 0 Å². The largest absolute Gasteiger partial charge is 0.496 e. The maximum atomic E-state index is 13.3. The van der Waals surface area contributed by atoms with E-state index in [1.165, 1.54) is 5.56 Å². The molecule has 184 valence electrons. The predicted octanol–water partition coefficient (Wildman–Crippen LogP) is 4.40. The van der Waals surface area contributed by atoms with Crippen LogP contribution in [0, 0.1) is 0 Å². The van der Waals surface area contributed by atoms with Crippen molar-refractivity contribution in [3.05, 3.63) is 89.5 Å². The highest BCUT2D eigenvalue weighted by Gasteiger charge is 2.19. The van der Waals surface area contributed by atoms with E-state index in [9.17, 15) is 4.79 Å². The van der Waals surface area contributed by atoms with Crippen LogP contribution in [0.1, 0.15) is 27.9 Å². The van der Waals surface area contributed by atoms with Gasteiger partial charge in [0.1, 0.15) is 5.75 Å². The number of hydrogen-bond donors (Lipinski definition) is 1. The molecule has 1 aliphatic heterocycles. The Morgan fingerprint density at radius 3 is 2.60 bits per heavy atom. The van der Waals surface area contributed by atoms with Gasteiger partial charge in [-0.3, -0.25) is 9.63 Å². The van der Waals surface area contributed by atoms with E-state index in [-0.39, 0.29) is 11.9 Å². The summed E-state index contributed by atoms with van der Waals surface area (Å²) < 4.78 is 5.83. The average Bonchev–Trinajstić information content (AvgIpc) is 3.37. The summed E-state index contributed by atoms with van der Waals surface area (Å²) in [7, 11) is 5.74. The fourth-order valence-electron chi connectivity index (χ4n) is 4.59. The molecule has 0 aliphatic carbocycles. The van der Waals surface area contributed by atoms with Crippen LogP contribution in [0.2, 0.25) is 0 Å². The summed E-state index contributed by atoms with van der Waals surface area (Å²) in [6.07, 6.45) is 1.82. The van der Waals surface area contributed by atoms with E-state index in [1.807, 2.05) is 73.8 Å². The summed E-state index contributed by atoms with van der Waals surface area (Å²) in [5, 5.41) is 5.22. The lowest BCUT2D eigenvalue weighted by Crippen LogP contribution is -2.43. The molecule has 6 heteroatoms. The number of benzene rings is 3. The number of para-hydroxylation sites is 1. The van der Waals surface area contributed by atoms with Crippen molar-refractivity contribution in [3.8, 4) is 16.9 Å². The molecular formula is C29H35N3O3. The van der Waals surface area contributed by atoms with Crippen molar-refractivity contribution in [1.82, 2.24) is 15.3 Å². The molecule has 1 atom stereocenters. The molecule has 6 nitrogen and oxygen atoms in total. The number of carbonyl (C=O) groups excluding carboxylic acids is 1. The van der Waals surface area contributed by atoms with Gasteiger partial charge in [-0.1, -0.05) is 60.7 Å². The number of hydroxylamine groups is 2. The third-order valence-electron chi connectivity index (χ3n) is 6.15. The minimum Gasteiger partial charge on any atom is -0.496 e. The molecule has 1 saturated heterocycles. The van der Waals surface area contributed by atoms with Gasteiger partial charge in [0.2, 0.25) is 0 Å². The Labute approximate surface area is 208 Å². The Bertz CT molecular complexity index is 1110. The highest BCUT2D eigenvalue weighted by molar-refractivity contribution is 5.96. The molecule has 0 bridgehead atoms. The fraction of sp³-hybridized carbons (Fsp3) is 0.345. The number of likely N-dealkylation sites (N-methyl/N-ethyl adjacent to an activating group) is 1. The summed E-state index contributed by atoms with van der Waals surface area (Å²) >= 11 is 0. The SMILES string of the molecule is COc1c(CN2CCCO2)cccc1-c1cccc(C(=O)N[C@@H](Cc2ccccc2)CN(C)C)c1. The van der Waals surface area contributed by atoms with Crippen molar-refractivity contribution in [3.63, 3.8) is 0 Å². The number of nitrogens with zero attached hydrogens (tertiary/aromatic N) is 2. The highest BCUT2D eigenvalue weighted by atomic mass is 16.7. The lowest BCUT2D eigenvalue weighted by atomic mass is 9.98. The molecule has 0 unspecified atom stereocenters. The third-order valence-corrected chi connectivity index (χ3v) is 6.15. The molecule has 3 aromatic carbocycles. The molecule has 0 saturated carbocycles. The minimum atomic E-state index is -0.0739. The number of carbonyl (C=O) groups is 1. The molecule has 35 heavy (non-hydrogen) atoms. The van der Waals surface area contributed by atoms with Gasteiger partial charge >= 0.3 is 0 Å². The first-order valence-corrected chi connectivity index (χ1v) is 12.2. The fourth-order valence-corrected chi connectivity index (χ4v) is 4.59. The van der Waals surface area contributed by atoms with Crippen LogP contribution < -0.4 is 10.1 Å². The molecular weight excluding hydrogens is 438 g/mol. The van der Waals surface area contributed by atoms with Crippen LogP contribution in [0.25, 0.3) is 11.1 Å². The molecule has 3 aromatic rings. The van der Waals surface area contributed by atoms with Crippen molar-refractivity contribution in [2.24, 2.45) is 0 Å². The van der Waals surface area contributed by atoms with E-state index >= 15 is 0 Å². The van der Waals surface area contributed by atoms with E-state index in [0.29, 0.717) is 12.1 Å². The molecule has 1 amide bonds. The van der Waals surface area contributed by atoms with Crippen molar-refractivity contribution >= 4 is 5.91 Å². The topological polar surface area (TPSA) is 54.0 Å². The maximum Gasteiger partial charge on any atom is 0.251 e. The molecule has 0 spiro atoms. The predicted molar refractivity (Wildman–Crippen MR) is 139 cm³/mol. The monoisotopic (exact) mass is 473 g/mol. The van der Waals surface area contributed by atoms with Gasteiger partial charge < -0.3 is 15.0 Å². The van der Waals surface area contributed by atoms with E-state index in [1.54, 1.807) is 7.11 Å². The lowest BCUT2D eigenvalue weighted by Gasteiger charge is -2.23. The second kappa shape index (κ2) is 12.0. The van der Waals surface area contributed by atoms with Crippen LogP contribution in [-0.4, -0.2) is 62.8 Å². The Morgan fingerprint density at radius 1 is 1.09 bits per heavy atom. The molecule has 1 heterocycles. The number of rotatable bonds is 10. The molecule has 0 aromatic heterocycles. The van der Waals surface area contributed by atoms with Crippen molar-refractivity contribution in [2.75, 3.05) is 40.9 Å².